The molecule has 0 amide bonds. The van der Waals surface area contributed by atoms with Crippen molar-refractivity contribution in [2.75, 3.05) is 5.32 Å². The van der Waals surface area contributed by atoms with Gasteiger partial charge >= 0.3 is 0 Å². The van der Waals surface area contributed by atoms with Crippen LogP contribution in [0, 0.1) is 0 Å². The SMILES string of the molecule is NC(=S)c1ccncc1NCc1ccc(Cl)cc1. The lowest BCUT2D eigenvalue weighted by Gasteiger charge is -2.10. The Morgan fingerprint density at radius 3 is 2.67 bits per heavy atom. The Labute approximate surface area is 116 Å². The zero-order valence-corrected chi connectivity index (χ0v) is 11.1. The van der Waals surface area contributed by atoms with E-state index in [1.807, 2.05) is 24.3 Å². The fourth-order valence-electron chi connectivity index (χ4n) is 1.55. The molecule has 0 bridgehead atoms. The lowest BCUT2D eigenvalue weighted by Crippen LogP contribution is -2.13. The smallest absolute Gasteiger partial charge is 0.106 e. The summed E-state index contributed by atoms with van der Waals surface area (Å²) in [6.07, 6.45) is 3.38. The molecule has 0 aliphatic rings. The second-order valence-corrected chi connectivity index (χ2v) is 4.64. The third-order valence-corrected chi connectivity index (χ3v) is 2.95. The highest BCUT2D eigenvalue weighted by Crippen LogP contribution is 2.15. The molecule has 0 fully saturated rings. The Kier molecular flexibility index (Phi) is 4.12. The summed E-state index contributed by atoms with van der Waals surface area (Å²) in [4.78, 5) is 4.41. The minimum absolute atomic E-state index is 0.357. The van der Waals surface area contributed by atoms with Crippen LogP contribution in [0.4, 0.5) is 5.69 Å². The lowest BCUT2D eigenvalue weighted by molar-refractivity contribution is 1.13. The Morgan fingerprint density at radius 2 is 2.00 bits per heavy atom. The Balaban J connectivity index is 2.10. The van der Waals surface area contributed by atoms with Gasteiger partial charge in [0.05, 0.1) is 11.9 Å². The van der Waals surface area contributed by atoms with Gasteiger partial charge in [0, 0.05) is 23.3 Å². The van der Waals surface area contributed by atoms with Crippen LogP contribution < -0.4 is 11.1 Å². The molecule has 0 spiro atoms. The molecule has 5 heteroatoms. The summed E-state index contributed by atoms with van der Waals surface area (Å²) in [5.74, 6) is 0. The quantitative estimate of drug-likeness (QED) is 0.844. The molecule has 3 nitrogen and oxygen atoms in total. The summed E-state index contributed by atoms with van der Waals surface area (Å²) in [5, 5.41) is 3.98. The minimum Gasteiger partial charge on any atom is -0.389 e. The first-order valence-electron chi connectivity index (χ1n) is 5.39. The van der Waals surface area contributed by atoms with E-state index in [1.165, 1.54) is 0 Å². The van der Waals surface area contributed by atoms with Crippen molar-refractivity contribution in [3.8, 4) is 0 Å². The predicted octanol–water partition coefficient (Wildman–Crippen LogP) is 2.98. The molecule has 0 saturated heterocycles. The average molecular weight is 278 g/mol. The summed E-state index contributed by atoms with van der Waals surface area (Å²) in [7, 11) is 0. The van der Waals surface area contributed by atoms with Crippen molar-refractivity contribution in [2.45, 2.75) is 6.54 Å². The van der Waals surface area contributed by atoms with Crippen LogP contribution in [0.1, 0.15) is 11.1 Å². The van der Waals surface area contributed by atoms with Crippen molar-refractivity contribution in [1.82, 2.24) is 4.98 Å². The summed E-state index contributed by atoms with van der Waals surface area (Å²) < 4.78 is 0. The first kappa shape index (κ1) is 12.8. The normalized spacial score (nSPS) is 10.1. The standard InChI is InChI=1S/C13H12ClN3S/c14-10-3-1-9(2-4-10)7-17-12-8-16-6-5-11(12)13(15)18/h1-6,8,17H,7H2,(H2,15,18). The molecule has 2 aromatic rings. The van der Waals surface area contributed by atoms with E-state index in [2.05, 4.69) is 10.3 Å². The first-order valence-corrected chi connectivity index (χ1v) is 6.17. The van der Waals surface area contributed by atoms with Gasteiger partial charge in [-0.15, -0.1) is 0 Å². The largest absolute Gasteiger partial charge is 0.389 e. The summed E-state index contributed by atoms with van der Waals surface area (Å²) in [6, 6.07) is 9.44. The van der Waals surface area contributed by atoms with Crippen LogP contribution in [-0.4, -0.2) is 9.97 Å². The van der Waals surface area contributed by atoms with Gasteiger partial charge in [-0.3, -0.25) is 4.98 Å². The maximum atomic E-state index is 5.83. The zero-order chi connectivity index (χ0) is 13.0. The van der Waals surface area contributed by atoms with Crippen LogP contribution in [0.25, 0.3) is 0 Å². The van der Waals surface area contributed by atoms with Crippen molar-refractivity contribution in [1.29, 1.82) is 0 Å². The van der Waals surface area contributed by atoms with E-state index in [1.54, 1.807) is 18.5 Å². The number of thiocarbonyl (C=S) groups is 1. The average Bonchev–Trinajstić information content (AvgIpc) is 2.38. The molecule has 0 unspecified atom stereocenters. The maximum absolute atomic E-state index is 5.83. The van der Waals surface area contributed by atoms with E-state index in [0.29, 0.717) is 11.5 Å². The summed E-state index contributed by atoms with van der Waals surface area (Å²) in [5.41, 5.74) is 8.41. The fourth-order valence-corrected chi connectivity index (χ4v) is 1.85. The number of aromatic nitrogens is 1. The molecular weight excluding hydrogens is 266 g/mol. The van der Waals surface area contributed by atoms with E-state index in [9.17, 15) is 0 Å². The van der Waals surface area contributed by atoms with Crippen molar-refractivity contribution in [3.63, 3.8) is 0 Å². The monoisotopic (exact) mass is 277 g/mol. The van der Waals surface area contributed by atoms with Gasteiger partial charge in [0.15, 0.2) is 0 Å². The summed E-state index contributed by atoms with van der Waals surface area (Å²) in [6.45, 7) is 0.665. The number of pyridine rings is 1. The number of nitrogens with zero attached hydrogens (tertiary/aromatic N) is 1. The van der Waals surface area contributed by atoms with Gasteiger partial charge in [-0.05, 0) is 23.8 Å². The van der Waals surface area contributed by atoms with Crippen molar-refractivity contribution in [2.24, 2.45) is 5.73 Å². The molecule has 0 radical (unpaired) electrons. The second-order valence-electron chi connectivity index (χ2n) is 3.77. The molecule has 1 aromatic carbocycles. The van der Waals surface area contributed by atoms with E-state index in [4.69, 9.17) is 29.6 Å². The third kappa shape index (κ3) is 3.18. The third-order valence-electron chi connectivity index (χ3n) is 2.48. The van der Waals surface area contributed by atoms with Gasteiger partial charge in [0.25, 0.3) is 0 Å². The molecule has 1 aromatic heterocycles. The zero-order valence-electron chi connectivity index (χ0n) is 9.56. The van der Waals surface area contributed by atoms with Crippen molar-refractivity contribution < 1.29 is 0 Å². The number of benzene rings is 1. The van der Waals surface area contributed by atoms with E-state index >= 15 is 0 Å². The van der Waals surface area contributed by atoms with E-state index in [0.717, 1.165) is 21.8 Å². The highest BCUT2D eigenvalue weighted by molar-refractivity contribution is 7.80. The number of hydrogen-bond acceptors (Lipinski definition) is 3. The molecule has 0 saturated carbocycles. The number of rotatable bonds is 4. The van der Waals surface area contributed by atoms with Crippen LogP contribution in [0.15, 0.2) is 42.7 Å². The van der Waals surface area contributed by atoms with Gasteiger partial charge in [-0.25, -0.2) is 0 Å². The molecule has 3 N–H and O–H groups in total. The molecule has 1 heterocycles. The molecule has 92 valence electrons. The topological polar surface area (TPSA) is 50.9 Å². The van der Waals surface area contributed by atoms with Crippen LogP contribution in [-0.2, 0) is 6.54 Å². The number of nitrogens with two attached hydrogens (primary N) is 1. The highest BCUT2D eigenvalue weighted by Gasteiger charge is 2.04. The van der Waals surface area contributed by atoms with Gasteiger partial charge in [0.1, 0.15) is 4.99 Å². The summed E-state index contributed by atoms with van der Waals surface area (Å²) >= 11 is 10.8. The van der Waals surface area contributed by atoms with Gasteiger partial charge in [0.2, 0.25) is 0 Å². The molecule has 18 heavy (non-hydrogen) atoms. The lowest BCUT2D eigenvalue weighted by atomic mass is 10.2. The molecular formula is C13H12ClN3S. The maximum Gasteiger partial charge on any atom is 0.106 e. The van der Waals surface area contributed by atoms with Gasteiger partial charge < -0.3 is 11.1 Å². The fraction of sp³-hybridized carbons (Fsp3) is 0.0769. The Bertz CT molecular complexity index is 554. The van der Waals surface area contributed by atoms with Crippen LogP contribution >= 0.6 is 23.8 Å². The van der Waals surface area contributed by atoms with Crippen molar-refractivity contribution >= 4 is 34.5 Å². The molecule has 0 atom stereocenters. The van der Waals surface area contributed by atoms with E-state index < -0.39 is 0 Å². The number of anilines is 1. The van der Waals surface area contributed by atoms with Crippen LogP contribution in [0.5, 0.6) is 0 Å². The second kappa shape index (κ2) is 5.80. The molecule has 2 rings (SSSR count). The molecule has 0 aliphatic carbocycles. The first-order chi connectivity index (χ1) is 8.66. The van der Waals surface area contributed by atoms with Crippen LogP contribution in [0.3, 0.4) is 0 Å². The van der Waals surface area contributed by atoms with Crippen molar-refractivity contribution in [3.05, 3.63) is 58.9 Å². The predicted molar refractivity (Wildman–Crippen MR) is 78.9 cm³/mol. The minimum atomic E-state index is 0.357. The van der Waals surface area contributed by atoms with Crippen LogP contribution in [0.2, 0.25) is 5.02 Å². The number of hydrogen-bond donors (Lipinski definition) is 2. The van der Waals surface area contributed by atoms with Gasteiger partial charge in [-0.1, -0.05) is 36.0 Å². The number of halogens is 1. The van der Waals surface area contributed by atoms with Gasteiger partial charge in [-0.2, -0.15) is 0 Å². The molecule has 0 aliphatic heterocycles. The number of nitrogens with one attached hydrogen (secondary N) is 1. The Hall–Kier alpha value is -1.65. The Morgan fingerprint density at radius 1 is 1.28 bits per heavy atom. The van der Waals surface area contributed by atoms with E-state index in [-0.39, 0.29) is 0 Å². The highest BCUT2D eigenvalue weighted by atomic mass is 35.5.